The molecule has 2 nitrogen and oxygen atoms in total. The van der Waals surface area contributed by atoms with Gasteiger partial charge in [-0.1, -0.05) is 12.5 Å². The van der Waals surface area contributed by atoms with Crippen LogP contribution in [0.1, 0.15) is 71.1 Å². The van der Waals surface area contributed by atoms with Gasteiger partial charge in [-0.3, -0.25) is 0 Å². The first-order chi connectivity index (χ1) is 13.1. The van der Waals surface area contributed by atoms with E-state index >= 15 is 0 Å². The summed E-state index contributed by atoms with van der Waals surface area (Å²) in [6.45, 7) is 3.71. The highest BCUT2D eigenvalue weighted by Gasteiger charge is 2.77. The highest BCUT2D eigenvalue weighted by molar-refractivity contribution is 5.93. The summed E-state index contributed by atoms with van der Waals surface area (Å²) in [7, 11) is 0. The molecule has 1 N–H and O–H groups in total. The number of ether oxygens (including phenoxy) is 1. The summed E-state index contributed by atoms with van der Waals surface area (Å²) >= 11 is 0. The maximum absolute atomic E-state index is 8.24. The van der Waals surface area contributed by atoms with Crippen molar-refractivity contribution in [1.82, 2.24) is 0 Å². The van der Waals surface area contributed by atoms with E-state index in [0.29, 0.717) is 5.41 Å². The number of nitrogens with one attached hydrogen (secondary N) is 1. The average molecular weight is 366 g/mol. The maximum Gasteiger partial charge on any atom is 0.0770 e. The van der Waals surface area contributed by atoms with E-state index in [1.54, 1.807) is 5.57 Å². The van der Waals surface area contributed by atoms with Crippen LogP contribution in [0, 0.1) is 58.2 Å². The van der Waals surface area contributed by atoms with Gasteiger partial charge in [-0.15, -0.1) is 0 Å². The largest absolute Gasteiger partial charge is 0.374 e. The zero-order valence-corrected chi connectivity index (χ0v) is 16.9. The van der Waals surface area contributed by atoms with Gasteiger partial charge < -0.3 is 10.1 Å². The molecule has 0 radical (unpaired) electrons. The number of allylic oxidation sites excluding steroid dienone is 2. The van der Waals surface area contributed by atoms with Crippen LogP contribution >= 0.6 is 0 Å². The van der Waals surface area contributed by atoms with E-state index in [1.807, 2.05) is 0 Å². The molecule has 0 aromatic carbocycles. The fourth-order valence-corrected chi connectivity index (χ4v) is 9.81. The zero-order valence-electron chi connectivity index (χ0n) is 16.9. The van der Waals surface area contributed by atoms with Crippen LogP contribution in [0.15, 0.2) is 11.6 Å². The SMILES string of the molecule is C[C@]12CCC3C(C(C4CC4)CC4=CC(=N)CC[C@@H]43)C1C1CC1[C@@]21CCCO1. The monoisotopic (exact) mass is 365 g/mol. The zero-order chi connectivity index (χ0) is 18.0. The summed E-state index contributed by atoms with van der Waals surface area (Å²) in [5.74, 6) is 7.53. The van der Waals surface area contributed by atoms with Crippen molar-refractivity contribution < 1.29 is 4.74 Å². The Hall–Kier alpha value is -0.630. The quantitative estimate of drug-likeness (QED) is 0.643. The first-order valence-electron chi connectivity index (χ1n) is 12.0. The lowest BCUT2D eigenvalue weighted by Gasteiger charge is -2.60. The molecule has 7 rings (SSSR count). The molecule has 5 saturated carbocycles. The minimum atomic E-state index is 0.270. The van der Waals surface area contributed by atoms with Gasteiger partial charge in [-0.05, 0) is 118 Å². The van der Waals surface area contributed by atoms with Crippen LogP contribution in [0.25, 0.3) is 0 Å². The van der Waals surface area contributed by atoms with Gasteiger partial charge in [-0.25, -0.2) is 0 Å². The van der Waals surface area contributed by atoms with Gasteiger partial charge in [0.2, 0.25) is 0 Å². The van der Waals surface area contributed by atoms with Gasteiger partial charge >= 0.3 is 0 Å². The molecule has 0 amide bonds. The summed E-state index contributed by atoms with van der Waals surface area (Å²) in [5.41, 5.74) is 3.35. The van der Waals surface area contributed by atoms with Crippen LogP contribution in [0.4, 0.5) is 0 Å². The van der Waals surface area contributed by atoms with E-state index in [0.717, 1.165) is 66.1 Å². The van der Waals surface area contributed by atoms with Gasteiger partial charge in [0, 0.05) is 17.7 Å². The van der Waals surface area contributed by atoms with Crippen molar-refractivity contribution in [1.29, 1.82) is 5.41 Å². The number of rotatable bonds is 1. The second-order valence-electron chi connectivity index (χ2n) is 11.7. The Bertz CT molecular complexity index is 729. The van der Waals surface area contributed by atoms with Crippen molar-refractivity contribution in [2.75, 3.05) is 6.61 Å². The lowest BCUT2D eigenvalue weighted by molar-refractivity contribution is -0.156. The second-order valence-corrected chi connectivity index (χ2v) is 11.7. The molecule has 0 bridgehead atoms. The summed E-state index contributed by atoms with van der Waals surface area (Å²) in [6.07, 6.45) is 16.0. The highest BCUT2D eigenvalue weighted by atomic mass is 16.5. The van der Waals surface area contributed by atoms with Crippen molar-refractivity contribution in [3.8, 4) is 0 Å². The minimum absolute atomic E-state index is 0.270. The molecule has 146 valence electrons. The number of hydrogen-bond donors (Lipinski definition) is 1. The molecule has 1 heterocycles. The summed E-state index contributed by atoms with van der Waals surface area (Å²) in [5, 5.41) is 8.24. The summed E-state index contributed by atoms with van der Waals surface area (Å²) in [4.78, 5) is 0. The predicted octanol–water partition coefficient (Wildman–Crippen LogP) is 5.62. The molecule has 9 atom stereocenters. The van der Waals surface area contributed by atoms with E-state index in [-0.39, 0.29) is 5.60 Å². The Morgan fingerprint density at radius 2 is 1.96 bits per heavy atom. The van der Waals surface area contributed by atoms with Gasteiger partial charge in [-0.2, -0.15) is 0 Å². The summed E-state index contributed by atoms with van der Waals surface area (Å²) < 4.78 is 6.70. The van der Waals surface area contributed by atoms with Crippen molar-refractivity contribution >= 4 is 5.71 Å². The van der Waals surface area contributed by atoms with E-state index in [4.69, 9.17) is 10.1 Å². The molecule has 0 aromatic rings. The van der Waals surface area contributed by atoms with Crippen LogP contribution in [0.5, 0.6) is 0 Å². The van der Waals surface area contributed by atoms with Crippen molar-refractivity contribution in [3.63, 3.8) is 0 Å². The van der Waals surface area contributed by atoms with Gasteiger partial charge in [0.05, 0.1) is 5.60 Å². The molecular formula is C25H35NO. The van der Waals surface area contributed by atoms with E-state index in [1.165, 1.54) is 57.8 Å². The smallest absolute Gasteiger partial charge is 0.0770 e. The normalized spacial score (nSPS) is 58.3. The first kappa shape index (κ1) is 16.2. The van der Waals surface area contributed by atoms with E-state index in [9.17, 15) is 0 Å². The molecule has 0 aromatic heterocycles. The fraction of sp³-hybridized carbons (Fsp3) is 0.880. The lowest BCUT2D eigenvalue weighted by Crippen LogP contribution is -2.57. The average Bonchev–Trinajstić information content (AvgIpc) is 3.58. The second kappa shape index (κ2) is 5.10. The first-order valence-corrected chi connectivity index (χ1v) is 12.0. The topological polar surface area (TPSA) is 33.1 Å². The van der Waals surface area contributed by atoms with Gasteiger partial charge in [0.25, 0.3) is 0 Å². The number of fused-ring (bicyclic) bond motifs is 9. The minimum Gasteiger partial charge on any atom is -0.374 e. The third kappa shape index (κ3) is 1.90. The molecular weight excluding hydrogens is 330 g/mol. The standard InChI is InChI=1S/C25H35NO/c1-24-9-7-18-17-6-5-16(26)11-15(17)12-19(14-3-4-14)22(18)23(24)20-13-21(20)25(24)8-2-10-27-25/h11,14,17-23,26H,2-10,12-13H2,1H3/t17-,18?,19?,20?,21?,22?,23?,24-,25-/m0/s1. The molecule has 6 fully saturated rings. The van der Waals surface area contributed by atoms with E-state index in [2.05, 4.69) is 13.0 Å². The van der Waals surface area contributed by atoms with Crippen LogP contribution in [-0.2, 0) is 4.74 Å². The van der Waals surface area contributed by atoms with Crippen LogP contribution in [0.2, 0.25) is 0 Å². The lowest BCUT2D eigenvalue weighted by atomic mass is 9.46. The van der Waals surface area contributed by atoms with Crippen LogP contribution < -0.4 is 0 Å². The highest BCUT2D eigenvalue weighted by Crippen LogP contribution is 2.79. The van der Waals surface area contributed by atoms with Crippen molar-refractivity contribution in [2.24, 2.45) is 52.8 Å². The third-order valence-electron chi connectivity index (χ3n) is 10.8. The van der Waals surface area contributed by atoms with Gasteiger partial charge in [0.1, 0.15) is 0 Å². The molecule has 27 heavy (non-hydrogen) atoms. The third-order valence-corrected chi connectivity index (χ3v) is 10.8. The van der Waals surface area contributed by atoms with Gasteiger partial charge in [0.15, 0.2) is 0 Å². The predicted molar refractivity (Wildman–Crippen MR) is 107 cm³/mol. The van der Waals surface area contributed by atoms with Crippen LogP contribution in [-0.4, -0.2) is 17.9 Å². The molecule has 1 saturated heterocycles. The molecule has 7 aliphatic rings. The Kier molecular flexibility index (Phi) is 3.06. The maximum atomic E-state index is 8.24. The fourth-order valence-electron chi connectivity index (χ4n) is 9.81. The Labute approximate surface area is 164 Å². The Morgan fingerprint density at radius 3 is 2.74 bits per heavy atom. The van der Waals surface area contributed by atoms with Crippen molar-refractivity contribution in [3.05, 3.63) is 11.6 Å². The van der Waals surface area contributed by atoms with E-state index < -0.39 is 0 Å². The Morgan fingerprint density at radius 1 is 1.07 bits per heavy atom. The molecule has 2 heteroatoms. The molecule has 6 aliphatic carbocycles. The molecule has 1 aliphatic heterocycles. The summed E-state index contributed by atoms with van der Waals surface area (Å²) in [6, 6.07) is 0. The van der Waals surface area contributed by atoms with Crippen LogP contribution in [0.3, 0.4) is 0 Å². The van der Waals surface area contributed by atoms with Crippen molar-refractivity contribution in [2.45, 2.75) is 76.7 Å². The molecule has 6 unspecified atom stereocenters. The molecule has 1 spiro atoms. The number of hydrogen-bond acceptors (Lipinski definition) is 2. The Balaban J connectivity index is 1.32.